The van der Waals surface area contributed by atoms with Gasteiger partial charge in [0.15, 0.2) is 0 Å². The van der Waals surface area contributed by atoms with Crippen LogP contribution in [-0.2, 0) is 11.3 Å². The number of hydrogen-bond acceptors (Lipinski definition) is 3. The molecule has 0 saturated carbocycles. The molecule has 1 aliphatic heterocycles. The third kappa shape index (κ3) is 4.84. The Morgan fingerprint density at radius 3 is 2.52 bits per heavy atom. The van der Waals surface area contributed by atoms with Crippen LogP contribution in [-0.4, -0.2) is 46.8 Å². The highest BCUT2D eigenvalue weighted by atomic mass is 35.5. The minimum Gasteiger partial charge on any atom is -0.368 e. The summed E-state index contributed by atoms with van der Waals surface area (Å²) < 4.78 is 1.81. The molecular weight excluding hydrogens is 384 g/mol. The van der Waals surface area contributed by atoms with Gasteiger partial charge in [-0.3, -0.25) is 9.48 Å². The summed E-state index contributed by atoms with van der Waals surface area (Å²) in [6.07, 6.45) is 3.43. The molecule has 0 bridgehead atoms. The predicted octanol–water partition coefficient (Wildman–Crippen LogP) is 4.48. The molecule has 2 aromatic rings. The van der Waals surface area contributed by atoms with Crippen LogP contribution in [0.3, 0.4) is 0 Å². The van der Waals surface area contributed by atoms with E-state index in [-0.39, 0.29) is 5.91 Å². The Labute approximate surface area is 178 Å². The molecule has 0 unspecified atom stereocenters. The molecule has 1 fully saturated rings. The number of nitrogens with zero attached hydrogens (tertiary/aromatic N) is 4. The van der Waals surface area contributed by atoms with Crippen LogP contribution in [0.15, 0.2) is 24.3 Å². The van der Waals surface area contributed by atoms with Gasteiger partial charge in [-0.2, -0.15) is 5.10 Å². The lowest BCUT2D eigenvalue weighted by atomic mass is 10.1. The zero-order valence-corrected chi connectivity index (χ0v) is 18.8. The highest BCUT2D eigenvalue weighted by Gasteiger charge is 2.21. The molecule has 0 N–H and O–H groups in total. The predicted molar refractivity (Wildman–Crippen MR) is 121 cm³/mol. The molecule has 29 heavy (non-hydrogen) atoms. The molecule has 6 heteroatoms. The van der Waals surface area contributed by atoms with E-state index in [4.69, 9.17) is 11.6 Å². The lowest BCUT2D eigenvalue weighted by Gasteiger charge is -2.36. The fourth-order valence-electron chi connectivity index (χ4n) is 3.73. The molecule has 5 nitrogen and oxygen atoms in total. The van der Waals surface area contributed by atoms with Crippen LogP contribution in [0.5, 0.6) is 0 Å². The van der Waals surface area contributed by atoms with E-state index in [9.17, 15) is 4.79 Å². The normalized spacial score (nSPS) is 15.0. The van der Waals surface area contributed by atoms with Gasteiger partial charge in [0, 0.05) is 50.1 Å². The van der Waals surface area contributed by atoms with Crippen LogP contribution in [0.2, 0.25) is 5.15 Å². The average Bonchev–Trinajstić information content (AvgIpc) is 2.94. The summed E-state index contributed by atoms with van der Waals surface area (Å²) in [5, 5.41) is 5.10. The van der Waals surface area contributed by atoms with Crippen LogP contribution in [0, 0.1) is 26.7 Å². The van der Waals surface area contributed by atoms with Crippen LogP contribution >= 0.6 is 11.6 Å². The van der Waals surface area contributed by atoms with E-state index in [1.54, 1.807) is 12.2 Å². The van der Waals surface area contributed by atoms with Crippen molar-refractivity contribution in [3.63, 3.8) is 0 Å². The summed E-state index contributed by atoms with van der Waals surface area (Å²) in [6, 6.07) is 6.41. The number of anilines is 1. The van der Waals surface area contributed by atoms with Crippen LogP contribution in [0.25, 0.3) is 6.08 Å². The molecule has 0 aliphatic carbocycles. The standard InChI is InChI=1S/C23H31ClN4O/c1-16(2)15-28-23(24)20(19(5)25-28)9-10-22(29)27-13-11-26(12-14-27)21-8-6-7-17(3)18(21)4/h6-10,16H,11-15H2,1-5H3. The topological polar surface area (TPSA) is 41.4 Å². The number of carbonyl (C=O) groups is 1. The Morgan fingerprint density at radius 1 is 1.17 bits per heavy atom. The molecule has 1 aromatic carbocycles. The maximum absolute atomic E-state index is 12.7. The van der Waals surface area contributed by atoms with Crippen LogP contribution in [0.4, 0.5) is 5.69 Å². The monoisotopic (exact) mass is 414 g/mol. The number of halogens is 1. The molecule has 156 valence electrons. The maximum Gasteiger partial charge on any atom is 0.246 e. The number of rotatable bonds is 5. The van der Waals surface area contributed by atoms with Gasteiger partial charge in [-0.05, 0) is 50.0 Å². The summed E-state index contributed by atoms with van der Waals surface area (Å²) in [5.74, 6) is 0.483. The fraction of sp³-hybridized carbons (Fsp3) is 0.478. The van der Waals surface area contributed by atoms with Crippen molar-refractivity contribution in [2.75, 3.05) is 31.1 Å². The third-order valence-corrected chi connectivity index (χ3v) is 5.95. The molecule has 0 radical (unpaired) electrons. The van der Waals surface area contributed by atoms with Crippen molar-refractivity contribution in [3.8, 4) is 0 Å². The second-order valence-electron chi connectivity index (χ2n) is 8.23. The van der Waals surface area contributed by atoms with Gasteiger partial charge < -0.3 is 9.80 Å². The molecule has 1 aromatic heterocycles. The lowest BCUT2D eigenvalue weighted by molar-refractivity contribution is -0.126. The second-order valence-corrected chi connectivity index (χ2v) is 8.59. The molecule has 1 amide bonds. The van der Waals surface area contributed by atoms with Gasteiger partial charge in [-0.15, -0.1) is 0 Å². The third-order valence-electron chi connectivity index (χ3n) is 5.55. The molecule has 2 heterocycles. The van der Waals surface area contributed by atoms with Crippen molar-refractivity contribution >= 4 is 29.3 Å². The number of benzene rings is 1. The molecular formula is C23H31ClN4O. The SMILES string of the molecule is Cc1cccc(N2CCN(C(=O)C=Cc3c(C)nn(CC(C)C)c3Cl)CC2)c1C. The van der Waals surface area contributed by atoms with E-state index in [0.717, 1.165) is 44.0 Å². The van der Waals surface area contributed by atoms with E-state index in [1.165, 1.54) is 16.8 Å². The first-order valence-corrected chi connectivity index (χ1v) is 10.7. The molecule has 0 atom stereocenters. The quantitative estimate of drug-likeness (QED) is 0.677. The zero-order valence-electron chi connectivity index (χ0n) is 18.1. The Morgan fingerprint density at radius 2 is 1.86 bits per heavy atom. The summed E-state index contributed by atoms with van der Waals surface area (Å²) >= 11 is 6.48. The summed E-state index contributed by atoms with van der Waals surface area (Å²) in [6.45, 7) is 14.4. The first kappa shape index (κ1) is 21.4. The second kappa shape index (κ2) is 9.04. The summed E-state index contributed by atoms with van der Waals surface area (Å²) in [5.41, 5.74) is 5.56. The van der Waals surface area contributed by atoms with Crippen LogP contribution < -0.4 is 4.90 Å². The number of piperazine rings is 1. The number of aromatic nitrogens is 2. The molecule has 1 saturated heterocycles. The largest absolute Gasteiger partial charge is 0.368 e. The van der Waals surface area contributed by atoms with Crippen LogP contribution in [0.1, 0.15) is 36.2 Å². The van der Waals surface area contributed by atoms with Gasteiger partial charge in [0.05, 0.1) is 5.69 Å². The van der Waals surface area contributed by atoms with Gasteiger partial charge in [0.1, 0.15) is 5.15 Å². The van der Waals surface area contributed by atoms with Gasteiger partial charge in [-0.1, -0.05) is 37.6 Å². The van der Waals surface area contributed by atoms with Gasteiger partial charge in [-0.25, -0.2) is 0 Å². The van der Waals surface area contributed by atoms with Crippen molar-refractivity contribution in [1.29, 1.82) is 0 Å². The Kier molecular flexibility index (Phi) is 6.68. The van der Waals surface area contributed by atoms with E-state index in [1.807, 2.05) is 16.5 Å². The van der Waals surface area contributed by atoms with Crippen molar-refractivity contribution in [1.82, 2.24) is 14.7 Å². The summed E-state index contributed by atoms with van der Waals surface area (Å²) in [7, 11) is 0. The Balaban J connectivity index is 1.63. The lowest BCUT2D eigenvalue weighted by Crippen LogP contribution is -2.48. The summed E-state index contributed by atoms with van der Waals surface area (Å²) in [4.78, 5) is 17.0. The van der Waals surface area contributed by atoms with E-state index < -0.39 is 0 Å². The average molecular weight is 415 g/mol. The van der Waals surface area contributed by atoms with E-state index in [0.29, 0.717) is 11.1 Å². The maximum atomic E-state index is 12.7. The van der Waals surface area contributed by atoms with Crippen molar-refractivity contribution < 1.29 is 4.79 Å². The Bertz CT molecular complexity index is 908. The van der Waals surface area contributed by atoms with Crippen molar-refractivity contribution in [2.24, 2.45) is 5.92 Å². The van der Waals surface area contributed by atoms with Gasteiger partial charge in [0.25, 0.3) is 0 Å². The number of amides is 1. The number of aryl methyl sites for hydroxylation is 2. The number of hydrogen-bond donors (Lipinski definition) is 0. The molecule has 3 rings (SSSR count). The van der Waals surface area contributed by atoms with E-state index in [2.05, 4.69) is 55.9 Å². The minimum absolute atomic E-state index is 0.0256. The van der Waals surface area contributed by atoms with Crippen molar-refractivity contribution in [2.45, 2.75) is 41.2 Å². The Hall–Kier alpha value is -2.27. The van der Waals surface area contributed by atoms with E-state index >= 15 is 0 Å². The van der Waals surface area contributed by atoms with Gasteiger partial charge >= 0.3 is 0 Å². The number of carbonyl (C=O) groups excluding carboxylic acids is 1. The highest BCUT2D eigenvalue weighted by Crippen LogP contribution is 2.25. The highest BCUT2D eigenvalue weighted by molar-refractivity contribution is 6.31. The minimum atomic E-state index is 0.0256. The van der Waals surface area contributed by atoms with Gasteiger partial charge in [0.2, 0.25) is 5.91 Å². The fourth-order valence-corrected chi connectivity index (χ4v) is 4.04. The zero-order chi connectivity index (χ0) is 21.1. The first-order chi connectivity index (χ1) is 13.8. The molecule has 1 aliphatic rings. The molecule has 0 spiro atoms. The van der Waals surface area contributed by atoms with Crippen molar-refractivity contribution in [3.05, 3.63) is 51.8 Å². The smallest absolute Gasteiger partial charge is 0.246 e. The first-order valence-electron chi connectivity index (χ1n) is 10.3.